The molecule has 0 atom stereocenters. The van der Waals surface area contributed by atoms with Crippen LogP contribution in [0.25, 0.3) is 16.6 Å². The third kappa shape index (κ3) is 1.53. The van der Waals surface area contributed by atoms with Crippen LogP contribution in [0, 0.1) is 6.92 Å². The highest BCUT2D eigenvalue weighted by Crippen LogP contribution is 2.22. The Kier molecular flexibility index (Phi) is 2.21. The average molecular weight is 226 g/mol. The third-order valence-corrected chi connectivity index (χ3v) is 2.77. The molecule has 0 aliphatic rings. The monoisotopic (exact) mass is 226 g/mol. The fourth-order valence-electron chi connectivity index (χ4n) is 2.08. The summed E-state index contributed by atoms with van der Waals surface area (Å²) in [5, 5.41) is 8.87. The summed E-state index contributed by atoms with van der Waals surface area (Å²) in [6.45, 7) is 4.92. The van der Waals surface area contributed by atoms with Gasteiger partial charge in [0.1, 0.15) is 5.82 Å². The number of benzene rings is 1. The number of nitrogens with one attached hydrogen (secondary N) is 1. The fourth-order valence-corrected chi connectivity index (χ4v) is 2.08. The van der Waals surface area contributed by atoms with E-state index in [1.807, 2.05) is 29.6 Å². The minimum atomic E-state index is 0.861. The minimum Gasteiger partial charge on any atom is -0.370 e. The quantitative estimate of drug-likeness (QED) is 0.730. The van der Waals surface area contributed by atoms with Gasteiger partial charge >= 0.3 is 0 Å². The number of hydrogen-bond acceptors (Lipinski definition) is 3. The van der Waals surface area contributed by atoms with Gasteiger partial charge in [-0.3, -0.25) is 0 Å². The maximum Gasteiger partial charge on any atom is 0.158 e. The molecule has 1 N–H and O–H groups in total. The number of fused-ring (bicyclic) bond motifs is 3. The second-order valence-corrected chi connectivity index (χ2v) is 4.06. The molecule has 86 valence electrons. The maximum atomic E-state index is 4.60. The molecule has 3 rings (SSSR count). The van der Waals surface area contributed by atoms with Crippen LogP contribution in [0.2, 0.25) is 0 Å². The summed E-state index contributed by atoms with van der Waals surface area (Å²) in [6, 6.07) is 10.2. The molecule has 4 nitrogen and oxygen atoms in total. The Morgan fingerprint density at radius 1 is 1.29 bits per heavy atom. The van der Waals surface area contributed by atoms with Crippen LogP contribution >= 0.6 is 0 Å². The maximum absolute atomic E-state index is 4.60. The van der Waals surface area contributed by atoms with Crippen molar-refractivity contribution < 1.29 is 0 Å². The summed E-state index contributed by atoms with van der Waals surface area (Å²) in [5.41, 5.74) is 2.95. The van der Waals surface area contributed by atoms with Gasteiger partial charge in [0, 0.05) is 18.0 Å². The summed E-state index contributed by atoms with van der Waals surface area (Å²) in [7, 11) is 0. The molecule has 2 aromatic heterocycles. The summed E-state index contributed by atoms with van der Waals surface area (Å²) >= 11 is 0. The van der Waals surface area contributed by atoms with E-state index in [0.717, 1.165) is 34.6 Å². The molecule has 3 aromatic rings. The first-order valence-corrected chi connectivity index (χ1v) is 5.78. The zero-order valence-corrected chi connectivity index (χ0v) is 9.94. The van der Waals surface area contributed by atoms with Crippen LogP contribution in [0.3, 0.4) is 0 Å². The lowest BCUT2D eigenvalue weighted by Gasteiger charge is -2.08. The smallest absolute Gasteiger partial charge is 0.158 e. The van der Waals surface area contributed by atoms with Gasteiger partial charge < -0.3 is 5.32 Å². The summed E-state index contributed by atoms with van der Waals surface area (Å²) in [4.78, 5) is 4.60. The van der Waals surface area contributed by atoms with Crippen LogP contribution < -0.4 is 5.32 Å². The van der Waals surface area contributed by atoms with E-state index in [1.54, 1.807) is 0 Å². The Hall–Kier alpha value is -2.10. The Bertz CT molecular complexity index is 684. The van der Waals surface area contributed by atoms with Gasteiger partial charge in [0.05, 0.1) is 11.2 Å². The van der Waals surface area contributed by atoms with Crippen LogP contribution in [-0.4, -0.2) is 21.1 Å². The van der Waals surface area contributed by atoms with E-state index < -0.39 is 0 Å². The van der Waals surface area contributed by atoms with Crippen LogP contribution in [0.4, 0.5) is 5.82 Å². The first-order chi connectivity index (χ1) is 8.29. The van der Waals surface area contributed by atoms with E-state index in [-0.39, 0.29) is 0 Å². The molecular weight excluding hydrogens is 212 g/mol. The van der Waals surface area contributed by atoms with Gasteiger partial charge in [-0.05, 0) is 26.0 Å². The fraction of sp³-hybridized carbons (Fsp3) is 0.231. The minimum absolute atomic E-state index is 0.861. The standard InChI is InChI=1S/C13H14N4/c1-3-14-13-10-6-4-5-7-11(10)17-12(15-13)8-9(2)16-17/h4-8H,3H2,1-2H3,(H,14,15). The Morgan fingerprint density at radius 3 is 2.94 bits per heavy atom. The Labute approximate surface area is 99.3 Å². The highest BCUT2D eigenvalue weighted by molar-refractivity contribution is 5.91. The van der Waals surface area contributed by atoms with Gasteiger partial charge in [-0.25, -0.2) is 9.50 Å². The van der Waals surface area contributed by atoms with Gasteiger partial charge in [-0.15, -0.1) is 0 Å². The predicted octanol–water partition coefficient (Wildman–Crippen LogP) is 2.62. The van der Waals surface area contributed by atoms with Crippen LogP contribution in [0.5, 0.6) is 0 Å². The average Bonchev–Trinajstić information content (AvgIpc) is 2.70. The molecule has 17 heavy (non-hydrogen) atoms. The number of rotatable bonds is 2. The molecule has 0 aliphatic carbocycles. The second-order valence-electron chi connectivity index (χ2n) is 4.06. The highest BCUT2D eigenvalue weighted by Gasteiger charge is 2.08. The summed E-state index contributed by atoms with van der Waals surface area (Å²) in [6.07, 6.45) is 0. The molecule has 0 unspecified atom stereocenters. The Morgan fingerprint density at radius 2 is 2.12 bits per heavy atom. The molecule has 0 aliphatic heterocycles. The highest BCUT2D eigenvalue weighted by atomic mass is 15.3. The van der Waals surface area contributed by atoms with Crippen molar-refractivity contribution in [1.82, 2.24) is 14.6 Å². The predicted molar refractivity (Wildman–Crippen MR) is 69.4 cm³/mol. The number of hydrogen-bond donors (Lipinski definition) is 1. The van der Waals surface area contributed by atoms with Crippen molar-refractivity contribution in [3.05, 3.63) is 36.0 Å². The number of para-hydroxylation sites is 1. The van der Waals surface area contributed by atoms with Crippen LogP contribution in [0.1, 0.15) is 12.6 Å². The lowest BCUT2D eigenvalue weighted by molar-refractivity contribution is 0.955. The van der Waals surface area contributed by atoms with E-state index in [1.165, 1.54) is 0 Å². The van der Waals surface area contributed by atoms with Crippen molar-refractivity contribution >= 4 is 22.4 Å². The SMILES string of the molecule is CCNc1nc2cc(C)nn2c2ccccc12. The number of nitrogens with zero attached hydrogens (tertiary/aromatic N) is 3. The van der Waals surface area contributed by atoms with Gasteiger partial charge in [0.25, 0.3) is 0 Å². The molecule has 4 heteroatoms. The largest absolute Gasteiger partial charge is 0.370 e. The topological polar surface area (TPSA) is 42.2 Å². The first kappa shape index (κ1) is 10.1. The first-order valence-electron chi connectivity index (χ1n) is 5.78. The van der Waals surface area contributed by atoms with Crippen molar-refractivity contribution in [3.8, 4) is 0 Å². The van der Waals surface area contributed by atoms with E-state index in [2.05, 4.69) is 34.5 Å². The van der Waals surface area contributed by atoms with E-state index >= 15 is 0 Å². The normalized spacial score (nSPS) is 11.2. The molecule has 0 amide bonds. The molecule has 0 radical (unpaired) electrons. The molecule has 0 fully saturated rings. The van der Waals surface area contributed by atoms with Crippen LogP contribution in [-0.2, 0) is 0 Å². The van der Waals surface area contributed by atoms with Crippen molar-refractivity contribution in [2.45, 2.75) is 13.8 Å². The van der Waals surface area contributed by atoms with Gasteiger partial charge in [-0.1, -0.05) is 12.1 Å². The summed E-state index contributed by atoms with van der Waals surface area (Å²) < 4.78 is 1.89. The van der Waals surface area contributed by atoms with E-state index in [0.29, 0.717) is 0 Å². The lowest BCUT2D eigenvalue weighted by Crippen LogP contribution is -2.03. The zero-order valence-electron chi connectivity index (χ0n) is 9.94. The van der Waals surface area contributed by atoms with Crippen molar-refractivity contribution in [2.75, 3.05) is 11.9 Å². The zero-order chi connectivity index (χ0) is 11.8. The second kappa shape index (κ2) is 3.73. The van der Waals surface area contributed by atoms with Crippen molar-refractivity contribution in [1.29, 1.82) is 0 Å². The lowest BCUT2D eigenvalue weighted by atomic mass is 10.2. The molecule has 1 aromatic carbocycles. The summed E-state index contributed by atoms with van der Waals surface area (Å²) in [5.74, 6) is 0.926. The van der Waals surface area contributed by atoms with E-state index in [9.17, 15) is 0 Å². The van der Waals surface area contributed by atoms with Crippen molar-refractivity contribution in [3.63, 3.8) is 0 Å². The molecule has 0 bridgehead atoms. The number of aromatic nitrogens is 3. The van der Waals surface area contributed by atoms with Crippen LogP contribution in [0.15, 0.2) is 30.3 Å². The molecule has 0 spiro atoms. The van der Waals surface area contributed by atoms with Gasteiger partial charge in [0.2, 0.25) is 0 Å². The number of aryl methyl sites for hydroxylation is 1. The molecule has 2 heterocycles. The third-order valence-electron chi connectivity index (χ3n) is 2.77. The van der Waals surface area contributed by atoms with Crippen molar-refractivity contribution in [2.24, 2.45) is 0 Å². The molecular formula is C13H14N4. The number of anilines is 1. The Balaban J connectivity index is 2.45. The molecule has 0 saturated heterocycles. The van der Waals surface area contributed by atoms with Gasteiger partial charge in [-0.2, -0.15) is 5.10 Å². The molecule has 0 saturated carbocycles. The van der Waals surface area contributed by atoms with Gasteiger partial charge in [0.15, 0.2) is 5.65 Å². The van der Waals surface area contributed by atoms with E-state index in [4.69, 9.17) is 0 Å².